The van der Waals surface area contributed by atoms with E-state index in [1.807, 2.05) is 0 Å². The van der Waals surface area contributed by atoms with Crippen LogP contribution in [0.25, 0.3) is 0 Å². The van der Waals surface area contributed by atoms with Crippen molar-refractivity contribution in [2.24, 2.45) is 0 Å². The number of hydrogen-bond donors (Lipinski definition) is 1. The van der Waals surface area contributed by atoms with Crippen LogP contribution in [0.1, 0.15) is 40.5 Å². The molecule has 4 nitrogen and oxygen atoms in total. The molecule has 19 heavy (non-hydrogen) atoms. The number of rotatable bonds is 4. The average molecular weight is 269 g/mol. The zero-order valence-corrected chi connectivity index (χ0v) is 10.3. The third-order valence-electron chi connectivity index (χ3n) is 3.26. The van der Waals surface area contributed by atoms with Crippen molar-refractivity contribution in [2.45, 2.75) is 25.8 Å². The molecule has 1 aliphatic heterocycles. The fraction of sp³-hybridized carbons (Fsp3) is 0.385. The second-order valence-corrected chi connectivity index (χ2v) is 4.37. The van der Waals surface area contributed by atoms with Crippen molar-refractivity contribution in [3.8, 4) is 0 Å². The minimum Gasteiger partial charge on any atom is -0.396 e. The van der Waals surface area contributed by atoms with Crippen LogP contribution in [-0.4, -0.2) is 34.5 Å². The molecule has 0 radical (unpaired) electrons. The number of imide groups is 1. The van der Waals surface area contributed by atoms with E-state index in [0.29, 0.717) is 6.42 Å². The summed E-state index contributed by atoms with van der Waals surface area (Å²) in [4.78, 5) is 25.1. The minimum atomic E-state index is -1.16. The fourth-order valence-electron chi connectivity index (χ4n) is 2.25. The number of carbonyl (C=O) groups excluding carboxylic acids is 2. The van der Waals surface area contributed by atoms with Crippen molar-refractivity contribution < 1.29 is 23.5 Å². The van der Waals surface area contributed by atoms with Gasteiger partial charge < -0.3 is 5.11 Å². The van der Waals surface area contributed by atoms with Gasteiger partial charge in [0.2, 0.25) is 0 Å². The maximum Gasteiger partial charge on any atom is 0.261 e. The Bertz CT molecular complexity index is 504. The fourth-order valence-corrected chi connectivity index (χ4v) is 2.25. The Morgan fingerprint density at radius 1 is 1.16 bits per heavy atom. The van der Waals surface area contributed by atoms with E-state index in [1.165, 1.54) is 0 Å². The second-order valence-electron chi connectivity index (χ2n) is 4.37. The van der Waals surface area contributed by atoms with Crippen LogP contribution in [-0.2, 0) is 0 Å². The third-order valence-corrected chi connectivity index (χ3v) is 3.26. The molecule has 6 heteroatoms. The van der Waals surface area contributed by atoms with Crippen LogP contribution in [0.3, 0.4) is 0 Å². The average Bonchev–Trinajstić information content (AvgIpc) is 2.61. The van der Waals surface area contributed by atoms with Crippen LogP contribution >= 0.6 is 0 Å². The Balaban J connectivity index is 2.44. The molecule has 1 aromatic carbocycles. The summed E-state index contributed by atoms with van der Waals surface area (Å²) in [5, 5.41) is 8.94. The van der Waals surface area contributed by atoms with Crippen molar-refractivity contribution >= 4 is 11.8 Å². The Morgan fingerprint density at radius 2 is 1.63 bits per heavy atom. The zero-order valence-electron chi connectivity index (χ0n) is 10.3. The molecule has 1 unspecified atom stereocenters. The number of aliphatic hydroxyl groups is 1. The van der Waals surface area contributed by atoms with Crippen LogP contribution in [0.15, 0.2) is 12.1 Å². The van der Waals surface area contributed by atoms with Crippen molar-refractivity contribution in [3.05, 3.63) is 34.9 Å². The molecule has 1 heterocycles. The molecule has 0 aromatic heterocycles. The highest BCUT2D eigenvalue weighted by molar-refractivity contribution is 6.21. The molecule has 1 atom stereocenters. The van der Waals surface area contributed by atoms with Crippen LogP contribution in [0.4, 0.5) is 8.78 Å². The van der Waals surface area contributed by atoms with Crippen molar-refractivity contribution in [1.29, 1.82) is 0 Å². The number of aliphatic hydroxyl groups excluding tert-OH is 1. The first-order valence-electron chi connectivity index (χ1n) is 5.99. The molecule has 0 spiro atoms. The van der Waals surface area contributed by atoms with Gasteiger partial charge >= 0.3 is 0 Å². The van der Waals surface area contributed by atoms with Gasteiger partial charge in [0.1, 0.15) is 0 Å². The molecule has 1 aromatic rings. The highest BCUT2D eigenvalue weighted by Gasteiger charge is 2.40. The molecule has 0 saturated carbocycles. The molecule has 2 amide bonds. The van der Waals surface area contributed by atoms with E-state index in [1.54, 1.807) is 6.92 Å². The van der Waals surface area contributed by atoms with E-state index in [4.69, 9.17) is 5.11 Å². The third kappa shape index (κ3) is 2.12. The van der Waals surface area contributed by atoms with Gasteiger partial charge in [0.25, 0.3) is 11.8 Å². The molecule has 0 aliphatic carbocycles. The number of amides is 2. The second kappa shape index (κ2) is 5.05. The largest absolute Gasteiger partial charge is 0.396 e. The Hall–Kier alpha value is -1.82. The molecule has 102 valence electrons. The predicted molar refractivity (Wildman–Crippen MR) is 62.6 cm³/mol. The maximum atomic E-state index is 13.1. The van der Waals surface area contributed by atoms with E-state index < -0.39 is 29.5 Å². The molecular weight excluding hydrogens is 256 g/mol. The lowest BCUT2D eigenvalue weighted by molar-refractivity contribution is 0.0556. The van der Waals surface area contributed by atoms with Crippen molar-refractivity contribution in [1.82, 2.24) is 4.90 Å². The van der Waals surface area contributed by atoms with Crippen LogP contribution in [0.5, 0.6) is 0 Å². The molecular formula is C13H13F2NO3. The number of halogens is 2. The quantitative estimate of drug-likeness (QED) is 0.847. The maximum absolute atomic E-state index is 13.1. The van der Waals surface area contributed by atoms with Gasteiger partial charge in [-0.1, -0.05) is 6.92 Å². The number of nitrogens with zero attached hydrogens (tertiary/aromatic N) is 1. The van der Waals surface area contributed by atoms with Gasteiger partial charge in [-0.2, -0.15) is 0 Å². The van der Waals surface area contributed by atoms with Crippen LogP contribution in [0.2, 0.25) is 0 Å². The topological polar surface area (TPSA) is 57.6 Å². The standard InChI is InChI=1S/C13H13F2NO3/c1-2-7(3-4-17)16-12(18)8-5-10(14)11(15)6-9(8)13(16)19/h5-7,17H,2-4H2,1H3. The Morgan fingerprint density at radius 3 is 2.00 bits per heavy atom. The SMILES string of the molecule is CCC(CCO)N1C(=O)c2cc(F)c(F)cc2C1=O. The van der Waals surface area contributed by atoms with Gasteiger partial charge in [-0.25, -0.2) is 8.78 Å². The summed E-state index contributed by atoms with van der Waals surface area (Å²) in [6, 6.07) is 1.02. The Labute approximate surface area is 108 Å². The van der Waals surface area contributed by atoms with E-state index in [2.05, 4.69) is 0 Å². The first kappa shape index (κ1) is 13.6. The van der Waals surface area contributed by atoms with E-state index >= 15 is 0 Å². The zero-order chi connectivity index (χ0) is 14.2. The number of fused-ring (bicyclic) bond motifs is 1. The van der Waals surface area contributed by atoms with Gasteiger partial charge in [0.15, 0.2) is 11.6 Å². The van der Waals surface area contributed by atoms with Crippen LogP contribution < -0.4 is 0 Å². The van der Waals surface area contributed by atoms with Crippen molar-refractivity contribution in [3.63, 3.8) is 0 Å². The summed E-state index contributed by atoms with van der Waals surface area (Å²) in [6.45, 7) is 1.60. The van der Waals surface area contributed by atoms with Gasteiger partial charge in [0.05, 0.1) is 11.1 Å². The molecule has 1 N–H and O–H groups in total. The molecule has 0 saturated heterocycles. The van der Waals surface area contributed by atoms with Crippen LogP contribution in [0, 0.1) is 11.6 Å². The number of carbonyl (C=O) groups is 2. The lowest BCUT2D eigenvalue weighted by Crippen LogP contribution is -2.40. The molecule has 2 rings (SSSR count). The van der Waals surface area contributed by atoms with E-state index in [9.17, 15) is 18.4 Å². The predicted octanol–water partition coefficient (Wildman–Crippen LogP) is 1.72. The normalized spacial score (nSPS) is 15.9. The number of benzene rings is 1. The summed E-state index contributed by atoms with van der Waals surface area (Å²) in [5.74, 6) is -3.59. The Kier molecular flexibility index (Phi) is 3.61. The van der Waals surface area contributed by atoms with Crippen molar-refractivity contribution in [2.75, 3.05) is 6.61 Å². The summed E-state index contributed by atoms with van der Waals surface area (Å²) in [5.41, 5.74) is -0.249. The lowest BCUT2D eigenvalue weighted by Gasteiger charge is -2.24. The molecule has 1 aliphatic rings. The monoisotopic (exact) mass is 269 g/mol. The van der Waals surface area contributed by atoms with E-state index in [-0.39, 0.29) is 24.2 Å². The number of hydrogen-bond acceptors (Lipinski definition) is 3. The van der Waals surface area contributed by atoms with E-state index in [0.717, 1.165) is 17.0 Å². The summed E-state index contributed by atoms with van der Waals surface area (Å²) in [7, 11) is 0. The van der Waals surface area contributed by atoms with Gasteiger partial charge in [-0.15, -0.1) is 0 Å². The summed E-state index contributed by atoms with van der Waals surface area (Å²) >= 11 is 0. The summed E-state index contributed by atoms with van der Waals surface area (Å²) < 4.78 is 26.3. The first-order valence-corrected chi connectivity index (χ1v) is 5.99. The first-order chi connectivity index (χ1) is 9.01. The highest BCUT2D eigenvalue weighted by Crippen LogP contribution is 2.28. The minimum absolute atomic E-state index is 0.125. The lowest BCUT2D eigenvalue weighted by atomic mass is 10.1. The van der Waals surface area contributed by atoms with Gasteiger partial charge in [-0.3, -0.25) is 14.5 Å². The molecule has 0 fully saturated rings. The van der Waals surface area contributed by atoms with Gasteiger partial charge in [-0.05, 0) is 25.0 Å². The van der Waals surface area contributed by atoms with Gasteiger partial charge in [0, 0.05) is 12.6 Å². The smallest absolute Gasteiger partial charge is 0.261 e. The molecule has 0 bridgehead atoms. The summed E-state index contributed by atoms with van der Waals surface area (Å²) in [6.07, 6.45) is 0.712. The highest BCUT2D eigenvalue weighted by atomic mass is 19.2.